The number of aromatic nitrogens is 3. The lowest BCUT2D eigenvalue weighted by Gasteiger charge is -2.28. The fourth-order valence-electron chi connectivity index (χ4n) is 5.52. The third-order valence-electron chi connectivity index (χ3n) is 7.95. The molecule has 3 heterocycles. The van der Waals surface area contributed by atoms with E-state index in [1.165, 1.54) is 53.2 Å². The Bertz CT molecular complexity index is 2070. The van der Waals surface area contributed by atoms with Crippen LogP contribution in [0.15, 0.2) is 77.0 Å². The molecule has 4 aromatic rings. The summed E-state index contributed by atoms with van der Waals surface area (Å²) < 4.78 is 27.4. The topological polar surface area (TPSA) is 149 Å². The Balaban J connectivity index is 1.71. The van der Waals surface area contributed by atoms with Gasteiger partial charge < -0.3 is 24.3 Å². The molecule has 1 saturated heterocycles. The Labute approximate surface area is 287 Å². The molecule has 5 rings (SSSR count). The molecule has 0 aliphatic carbocycles. The van der Waals surface area contributed by atoms with Crippen LogP contribution in [0.2, 0.25) is 5.02 Å². The first-order valence-corrected chi connectivity index (χ1v) is 15.5. The largest absolute Gasteiger partial charge is 0.497 e. The third-order valence-corrected chi connectivity index (χ3v) is 8.22. The molecule has 2 N–H and O–H groups in total. The minimum Gasteiger partial charge on any atom is -0.497 e. The quantitative estimate of drug-likeness (QED) is 0.219. The predicted octanol–water partition coefficient (Wildman–Crippen LogP) is 5.56. The summed E-state index contributed by atoms with van der Waals surface area (Å²) in [5.41, 5.74) is 1.31. The van der Waals surface area contributed by atoms with Gasteiger partial charge in [0.15, 0.2) is 0 Å². The number of carbonyl (C=O) groups is 1. The number of benzene rings is 2. The van der Waals surface area contributed by atoms with Gasteiger partial charge in [-0.15, -0.1) is 0 Å². The number of carbonyl (C=O) groups excluding carboxylic acids is 1. The van der Waals surface area contributed by atoms with Crippen LogP contribution in [0.1, 0.15) is 36.6 Å². The number of ether oxygens (including phenoxy) is 2. The van der Waals surface area contributed by atoms with Crippen molar-refractivity contribution in [2.24, 2.45) is 5.92 Å². The molecule has 0 bridgehead atoms. The number of allylic oxidation sites excluding steroid dienone is 1. The molecular weight excluding hydrogens is 651 g/mol. The molecular formula is C35H34ClFN8O4. The van der Waals surface area contributed by atoms with Crippen LogP contribution in [0.25, 0.3) is 0 Å². The molecule has 2 aromatic carbocycles. The average Bonchev–Trinajstić information content (AvgIpc) is 3.34. The minimum atomic E-state index is -1.07. The zero-order valence-corrected chi connectivity index (χ0v) is 28.5. The number of rotatable bonds is 10. The van der Waals surface area contributed by atoms with Crippen LogP contribution < -0.4 is 30.1 Å². The average molecular weight is 685 g/mol. The first kappa shape index (κ1) is 34.6. The summed E-state index contributed by atoms with van der Waals surface area (Å²) in [4.78, 5) is 39.2. The van der Waals surface area contributed by atoms with Crippen LogP contribution in [0.5, 0.6) is 11.6 Å². The number of halogens is 2. The maximum atomic E-state index is 15.2. The number of pyridine rings is 1. The zero-order chi connectivity index (χ0) is 35.6. The van der Waals surface area contributed by atoms with E-state index >= 15 is 4.39 Å². The van der Waals surface area contributed by atoms with Crippen molar-refractivity contribution in [3.05, 3.63) is 110 Å². The highest BCUT2D eigenvalue weighted by Crippen LogP contribution is 2.43. The monoisotopic (exact) mass is 684 g/mol. The standard InChI is InChI=1S/C35H34ClFN8O4/c1-19(2)30(41-27-16-40-35(43(3)4)42-32(27)49-6)28-29(39)34(47)45(31(28)21-9-10-22(15-38)26(37)13-21)23-14-25(36)33(46)44(18-23)17-20-7-11-24(48-5)12-8-20/h7-14,16,18-19,31,39,41H,17H2,1-6H3/b30-28+,39-29?. The van der Waals surface area contributed by atoms with Crippen LogP contribution in [0.3, 0.4) is 0 Å². The van der Waals surface area contributed by atoms with Gasteiger partial charge in [0.25, 0.3) is 11.5 Å². The molecule has 0 saturated carbocycles. The summed E-state index contributed by atoms with van der Waals surface area (Å²) in [6.07, 6.45) is 3.02. The molecule has 1 aliphatic heterocycles. The number of nitrogens with one attached hydrogen (secondary N) is 2. The maximum absolute atomic E-state index is 15.2. The van der Waals surface area contributed by atoms with Gasteiger partial charge in [-0.25, -0.2) is 9.37 Å². The molecule has 1 atom stereocenters. The molecule has 0 spiro atoms. The van der Waals surface area contributed by atoms with Crippen LogP contribution in [-0.2, 0) is 11.3 Å². The van der Waals surface area contributed by atoms with E-state index in [0.717, 1.165) is 5.56 Å². The predicted molar refractivity (Wildman–Crippen MR) is 185 cm³/mol. The smallest absolute Gasteiger partial charge is 0.277 e. The SMILES string of the molecule is COc1ccc(Cn2cc(N3C(=O)C(=N)/C(=C(\Nc4cnc(N(C)C)nc4OC)C(C)C)C3c3ccc(C#N)c(F)c3)cc(Cl)c2=O)cc1. The van der Waals surface area contributed by atoms with Crippen molar-refractivity contribution in [1.29, 1.82) is 10.7 Å². The summed E-state index contributed by atoms with van der Waals surface area (Å²) in [5, 5.41) is 21.7. The summed E-state index contributed by atoms with van der Waals surface area (Å²) in [7, 11) is 6.59. The van der Waals surface area contributed by atoms with Gasteiger partial charge >= 0.3 is 0 Å². The highest BCUT2D eigenvalue weighted by Gasteiger charge is 2.45. The number of anilines is 3. The van der Waals surface area contributed by atoms with Gasteiger partial charge in [0.05, 0.1) is 44.3 Å². The molecule has 1 fully saturated rings. The lowest BCUT2D eigenvalue weighted by Crippen LogP contribution is -2.31. The van der Waals surface area contributed by atoms with Gasteiger partial charge in [-0.3, -0.25) is 19.9 Å². The van der Waals surface area contributed by atoms with Crippen molar-refractivity contribution in [2.75, 3.05) is 43.4 Å². The van der Waals surface area contributed by atoms with Crippen molar-refractivity contribution in [3.63, 3.8) is 0 Å². The van der Waals surface area contributed by atoms with E-state index in [2.05, 4.69) is 15.3 Å². The summed E-state index contributed by atoms with van der Waals surface area (Å²) in [6, 6.07) is 13.3. The molecule has 14 heteroatoms. The normalized spacial score (nSPS) is 15.3. The van der Waals surface area contributed by atoms with E-state index < -0.39 is 23.3 Å². The lowest BCUT2D eigenvalue weighted by molar-refractivity contribution is -0.112. The van der Waals surface area contributed by atoms with Crippen molar-refractivity contribution in [3.8, 4) is 17.7 Å². The van der Waals surface area contributed by atoms with Gasteiger partial charge in [0.1, 0.15) is 34.1 Å². The minimum absolute atomic E-state index is 0.121. The fraction of sp³-hybridized carbons (Fsp3) is 0.257. The Hall–Kier alpha value is -5.74. The van der Waals surface area contributed by atoms with Crippen LogP contribution in [0, 0.1) is 28.5 Å². The van der Waals surface area contributed by atoms with Gasteiger partial charge in [0, 0.05) is 31.6 Å². The molecule has 0 radical (unpaired) electrons. The molecule has 12 nitrogen and oxygen atoms in total. The second-order valence-electron chi connectivity index (χ2n) is 11.7. The molecule has 252 valence electrons. The Morgan fingerprint density at radius 3 is 2.45 bits per heavy atom. The van der Waals surface area contributed by atoms with Crippen molar-refractivity contribution >= 4 is 40.5 Å². The van der Waals surface area contributed by atoms with Crippen molar-refractivity contribution < 1.29 is 18.7 Å². The first-order valence-electron chi connectivity index (χ1n) is 15.1. The van der Waals surface area contributed by atoms with Crippen LogP contribution in [-0.4, -0.2) is 54.5 Å². The summed E-state index contributed by atoms with van der Waals surface area (Å²) in [5.74, 6) is -0.525. The van der Waals surface area contributed by atoms with Gasteiger partial charge in [-0.05, 0) is 47.4 Å². The number of nitrogens with zero attached hydrogens (tertiary/aromatic N) is 6. The number of hydrogen-bond acceptors (Lipinski definition) is 10. The van der Waals surface area contributed by atoms with Crippen LogP contribution in [0.4, 0.5) is 21.7 Å². The third kappa shape index (κ3) is 6.81. The number of methoxy groups -OCH3 is 2. The van der Waals surface area contributed by atoms with Crippen molar-refractivity contribution in [1.82, 2.24) is 14.5 Å². The second kappa shape index (κ2) is 14.2. The number of amides is 1. The highest BCUT2D eigenvalue weighted by atomic mass is 35.5. The summed E-state index contributed by atoms with van der Waals surface area (Å²) in [6.45, 7) is 3.87. The molecule has 1 aliphatic rings. The first-order chi connectivity index (χ1) is 23.4. The van der Waals surface area contributed by atoms with E-state index in [1.807, 2.05) is 19.9 Å². The van der Waals surface area contributed by atoms with E-state index in [0.29, 0.717) is 23.1 Å². The van der Waals surface area contributed by atoms with Gasteiger partial charge in [0.2, 0.25) is 11.8 Å². The van der Waals surface area contributed by atoms with Gasteiger partial charge in [-0.1, -0.05) is 43.6 Å². The molecule has 2 aromatic heterocycles. The number of nitriles is 1. The van der Waals surface area contributed by atoms with Crippen LogP contribution >= 0.6 is 11.6 Å². The van der Waals surface area contributed by atoms with E-state index in [-0.39, 0.29) is 51.5 Å². The molecule has 49 heavy (non-hydrogen) atoms. The maximum Gasteiger partial charge on any atom is 0.277 e. The van der Waals surface area contributed by atoms with E-state index in [4.69, 9.17) is 26.5 Å². The zero-order valence-electron chi connectivity index (χ0n) is 27.7. The van der Waals surface area contributed by atoms with Crippen molar-refractivity contribution in [2.45, 2.75) is 26.4 Å². The lowest BCUT2D eigenvalue weighted by atomic mass is 9.92. The van der Waals surface area contributed by atoms with E-state index in [1.54, 1.807) is 50.4 Å². The Morgan fingerprint density at radius 1 is 1.14 bits per heavy atom. The molecule has 1 amide bonds. The number of hydrogen-bond donors (Lipinski definition) is 2. The highest BCUT2D eigenvalue weighted by molar-refractivity contribution is 6.52. The van der Waals surface area contributed by atoms with E-state index in [9.17, 15) is 14.9 Å². The summed E-state index contributed by atoms with van der Waals surface area (Å²) >= 11 is 6.48. The molecule has 1 unspecified atom stereocenters. The second-order valence-corrected chi connectivity index (χ2v) is 12.1. The van der Waals surface area contributed by atoms with Gasteiger partial charge in [-0.2, -0.15) is 10.2 Å². The Morgan fingerprint density at radius 2 is 1.86 bits per heavy atom. The fourth-order valence-corrected chi connectivity index (χ4v) is 5.74. The Kier molecular flexibility index (Phi) is 10.0.